The van der Waals surface area contributed by atoms with Crippen molar-refractivity contribution in [1.82, 2.24) is 0 Å². The maximum absolute atomic E-state index is 12.6. The van der Waals surface area contributed by atoms with E-state index in [0.717, 1.165) is 0 Å². The van der Waals surface area contributed by atoms with Crippen LogP contribution in [-0.4, -0.2) is 78.8 Å². The summed E-state index contributed by atoms with van der Waals surface area (Å²) in [5, 5.41) is 69.1. The number of aliphatic hydroxyl groups is 4. The second kappa shape index (κ2) is 8.45. The van der Waals surface area contributed by atoms with Gasteiger partial charge in [0.15, 0.2) is 28.8 Å². The Balaban J connectivity index is 1.61. The minimum atomic E-state index is -1.70. The first kappa shape index (κ1) is 22.1. The van der Waals surface area contributed by atoms with Crippen molar-refractivity contribution in [3.05, 3.63) is 41.5 Å². The molecule has 1 fully saturated rings. The Morgan fingerprint density at radius 3 is 2.41 bits per heavy atom. The number of phenolic OH excluding ortho intramolecular Hbond substituents is 3. The van der Waals surface area contributed by atoms with Crippen molar-refractivity contribution in [1.29, 1.82) is 0 Å². The number of hydrogen-bond donors (Lipinski definition) is 7. The van der Waals surface area contributed by atoms with Crippen LogP contribution in [0.1, 0.15) is 28.4 Å². The third kappa shape index (κ3) is 3.80. The summed E-state index contributed by atoms with van der Waals surface area (Å²) in [4.78, 5) is 12.6. The Bertz CT molecular complexity index is 1020. The van der Waals surface area contributed by atoms with Crippen LogP contribution in [-0.2, 0) is 4.74 Å². The maximum atomic E-state index is 12.6. The smallest absolute Gasteiger partial charge is 0.229 e. The molecular formula is C21H22O11. The van der Waals surface area contributed by atoms with Gasteiger partial charge in [0.2, 0.25) is 12.0 Å². The molecule has 2 aliphatic heterocycles. The summed E-state index contributed by atoms with van der Waals surface area (Å²) in [5.74, 6) is -2.09. The van der Waals surface area contributed by atoms with Gasteiger partial charge in [-0.25, -0.2) is 0 Å². The van der Waals surface area contributed by atoms with Gasteiger partial charge in [-0.2, -0.15) is 0 Å². The SMILES string of the molecule is O=C1C[C@@H](c2ccc(O)c(O)c2)Oc2c1ccc(O[C@H]1O[C@@H](CO)[C@@H](O)[C@@H](O)[C@@H]1O)c2O. The summed E-state index contributed by atoms with van der Waals surface area (Å²) < 4.78 is 16.5. The zero-order valence-electron chi connectivity index (χ0n) is 16.5. The number of aliphatic hydroxyl groups excluding tert-OH is 4. The standard InChI is InChI=1S/C21H22O11/c22-7-15-16(26)18(28)19(29)21(32-15)31-13-4-2-9-11(24)6-14(30-20(9)17(13)27)8-1-3-10(23)12(25)5-8/h1-5,14-16,18-19,21-23,25-29H,6-7H2/t14-,15-,16+,18+,19-,21-/m0/s1. The first-order valence-electron chi connectivity index (χ1n) is 9.76. The van der Waals surface area contributed by atoms with E-state index in [1.807, 2.05) is 0 Å². The molecule has 0 radical (unpaired) electrons. The van der Waals surface area contributed by atoms with Crippen molar-refractivity contribution in [2.24, 2.45) is 0 Å². The summed E-state index contributed by atoms with van der Waals surface area (Å²) in [7, 11) is 0. The molecule has 2 heterocycles. The number of carbonyl (C=O) groups is 1. The molecule has 2 aromatic rings. The number of ketones is 1. The number of phenols is 3. The van der Waals surface area contributed by atoms with Gasteiger partial charge in [-0.3, -0.25) is 4.79 Å². The number of Topliss-reactive ketones (excluding diaryl/α,β-unsaturated/α-hetero) is 1. The van der Waals surface area contributed by atoms with Crippen molar-refractivity contribution in [2.45, 2.75) is 43.2 Å². The van der Waals surface area contributed by atoms with Crippen LogP contribution in [0.2, 0.25) is 0 Å². The third-order valence-electron chi connectivity index (χ3n) is 5.49. The lowest BCUT2D eigenvalue weighted by molar-refractivity contribution is -0.277. The van der Waals surface area contributed by atoms with Gasteiger partial charge in [0.25, 0.3) is 0 Å². The van der Waals surface area contributed by atoms with Crippen LogP contribution in [0, 0.1) is 0 Å². The molecule has 0 amide bonds. The fraction of sp³-hybridized carbons (Fsp3) is 0.381. The topological polar surface area (TPSA) is 186 Å². The minimum absolute atomic E-state index is 0.0798. The summed E-state index contributed by atoms with van der Waals surface area (Å²) in [6.45, 7) is -0.653. The highest BCUT2D eigenvalue weighted by atomic mass is 16.7. The molecule has 6 atom stereocenters. The van der Waals surface area contributed by atoms with E-state index in [4.69, 9.17) is 14.2 Å². The minimum Gasteiger partial charge on any atom is -0.504 e. The lowest BCUT2D eigenvalue weighted by atomic mass is 9.95. The van der Waals surface area contributed by atoms with Gasteiger partial charge in [0, 0.05) is 0 Å². The van der Waals surface area contributed by atoms with E-state index >= 15 is 0 Å². The van der Waals surface area contributed by atoms with Crippen molar-refractivity contribution in [3.8, 4) is 28.7 Å². The Hall–Kier alpha value is -3.09. The second-order valence-corrected chi connectivity index (χ2v) is 7.59. The third-order valence-corrected chi connectivity index (χ3v) is 5.49. The molecule has 2 aliphatic rings. The quantitative estimate of drug-likeness (QED) is 0.303. The van der Waals surface area contributed by atoms with Crippen molar-refractivity contribution < 1.29 is 54.8 Å². The number of ether oxygens (including phenoxy) is 3. The van der Waals surface area contributed by atoms with E-state index in [1.54, 1.807) is 0 Å². The van der Waals surface area contributed by atoms with Crippen LogP contribution < -0.4 is 9.47 Å². The van der Waals surface area contributed by atoms with Crippen LogP contribution in [0.4, 0.5) is 0 Å². The molecule has 172 valence electrons. The predicted octanol–water partition coefficient (Wildman–Crippen LogP) is -0.311. The van der Waals surface area contributed by atoms with E-state index in [1.165, 1.54) is 30.3 Å². The van der Waals surface area contributed by atoms with Gasteiger partial charge in [0.05, 0.1) is 18.6 Å². The fourth-order valence-electron chi connectivity index (χ4n) is 3.67. The summed E-state index contributed by atoms with van der Waals surface area (Å²) >= 11 is 0. The summed E-state index contributed by atoms with van der Waals surface area (Å²) in [6.07, 6.45) is -8.64. The molecule has 11 heteroatoms. The number of carbonyl (C=O) groups excluding carboxylic acids is 1. The zero-order valence-corrected chi connectivity index (χ0v) is 16.5. The van der Waals surface area contributed by atoms with E-state index < -0.39 is 54.9 Å². The summed E-state index contributed by atoms with van der Waals surface area (Å²) in [6, 6.07) is 6.55. The maximum Gasteiger partial charge on any atom is 0.229 e. The monoisotopic (exact) mass is 450 g/mol. The number of rotatable bonds is 4. The highest BCUT2D eigenvalue weighted by molar-refractivity contribution is 6.01. The van der Waals surface area contributed by atoms with Crippen LogP contribution in [0.15, 0.2) is 30.3 Å². The molecule has 11 nitrogen and oxygen atoms in total. The number of fused-ring (bicyclic) bond motifs is 1. The Labute approximate surface area is 181 Å². The van der Waals surface area contributed by atoms with Crippen molar-refractivity contribution >= 4 is 5.78 Å². The largest absolute Gasteiger partial charge is 0.504 e. The Kier molecular flexibility index (Phi) is 5.84. The molecular weight excluding hydrogens is 428 g/mol. The second-order valence-electron chi connectivity index (χ2n) is 7.59. The lowest BCUT2D eigenvalue weighted by Gasteiger charge is -2.39. The molecule has 0 bridgehead atoms. The molecule has 1 saturated heterocycles. The van der Waals surface area contributed by atoms with E-state index in [2.05, 4.69) is 0 Å². The van der Waals surface area contributed by atoms with Crippen LogP contribution in [0.3, 0.4) is 0 Å². The van der Waals surface area contributed by atoms with Gasteiger partial charge in [-0.05, 0) is 29.8 Å². The van der Waals surface area contributed by atoms with Gasteiger partial charge in [-0.15, -0.1) is 0 Å². The highest BCUT2D eigenvalue weighted by Gasteiger charge is 2.45. The zero-order chi connectivity index (χ0) is 23.2. The molecule has 7 N–H and O–H groups in total. The van der Waals surface area contributed by atoms with Crippen LogP contribution >= 0.6 is 0 Å². The van der Waals surface area contributed by atoms with E-state index in [-0.39, 0.29) is 35.0 Å². The predicted molar refractivity (Wildman–Crippen MR) is 105 cm³/mol. The number of benzene rings is 2. The molecule has 0 aromatic heterocycles. The van der Waals surface area contributed by atoms with E-state index in [0.29, 0.717) is 5.56 Å². The molecule has 2 aromatic carbocycles. The average molecular weight is 450 g/mol. The van der Waals surface area contributed by atoms with Gasteiger partial charge in [-0.1, -0.05) is 6.07 Å². The van der Waals surface area contributed by atoms with Crippen molar-refractivity contribution in [3.63, 3.8) is 0 Å². The Morgan fingerprint density at radius 2 is 1.72 bits per heavy atom. The first-order chi connectivity index (χ1) is 15.2. The fourth-order valence-corrected chi connectivity index (χ4v) is 3.67. The number of hydrogen-bond acceptors (Lipinski definition) is 11. The lowest BCUT2D eigenvalue weighted by Crippen LogP contribution is -2.60. The molecule has 4 rings (SSSR count). The molecule has 0 spiro atoms. The molecule has 32 heavy (non-hydrogen) atoms. The average Bonchev–Trinajstić information content (AvgIpc) is 2.77. The van der Waals surface area contributed by atoms with E-state index in [9.17, 15) is 40.5 Å². The molecule has 0 aliphatic carbocycles. The van der Waals surface area contributed by atoms with Crippen LogP contribution in [0.5, 0.6) is 28.7 Å². The normalized spacial score (nSPS) is 29.8. The van der Waals surface area contributed by atoms with Crippen LogP contribution in [0.25, 0.3) is 0 Å². The summed E-state index contributed by atoms with van der Waals surface area (Å²) in [5.41, 5.74) is 0.474. The van der Waals surface area contributed by atoms with Crippen molar-refractivity contribution in [2.75, 3.05) is 6.61 Å². The van der Waals surface area contributed by atoms with Gasteiger partial charge < -0.3 is 50.0 Å². The van der Waals surface area contributed by atoms with Gasteiger partial charge in [0.1, 0.15) is 30.5 Å². The number of aromatic hydroxyl groups is 3. The highest BCUT2D eigenvalue weighted by Crippen LogP contribution is 2.46. The van der Waals surface area contributed by atoms with Gasteiger partial charge >= 0.3 is 0 Å². The Morgan fingerprint density at radius 1 is 0.969 bits per heavy atom. The molecule has 0 unspecified atom stereocenters. The first-order valence-corrected chi connectivity index (χ1v) is 9.76. The molecule has 0 saturated carbocycles.